The average Bonchev–Trinajstić information content (AvgIpc) is 3.16. The topological polar surface area (TPSA) is 125 Å². The van der Waals surface area contributed by atoms with Gasteiger partial charge >= 0.3 is 11.9 Å². The largest absolute Gasteiger partial charge is 0.473 e. The van der Waals surface area contributed by atoms with Crippen LogP contribution in [0.4, 0.5) is 5.69 Å². The van der Waals surface area contributed by atoms with E-state index in [1.165, 1.54) is 11.1 Å². The smallest absolute Gasteiger partial charge is 0.414 e. The van der Waals surface area contributed by atoms with Crippen molar-refractivity contribution >= 4 is 34.6 Å². The van der Waals surface area contributed by atoms with Crippen LogP contribution in [0.5, 0.6) is 0 Å². The van der Waals surface area contributed by atoms with Gasteiger partial charge < -0.3 is 20.1 Å². The third-order valence-corrected chi connectivity index (χ3v) is 6.22. The molecule has 4 rings (SSSR count). The van der Waals surface area contributed by atoms with E-state index in [-0.39, 0.29) is 5.91 Å². The van der Waals surface area contributed by atoms with Crippen LogP contribution in [0, 0.1) is 12.8 Å². The van der Waals surface area contributed by atoms with Crippen molar-refractivity contribution in [3.05, 3.63) is 59.9 Å². The second kappa shape index (κ2) is 12.1. The van der Waals surface area contributed by atoms with Gasteiger partial charge in [0.15, 0.2) is 0 Å². The number of benzene rings is 2. The van der Waals surface area contributed by atoms with Crippen LogP contribution >= 0.6 is 0 Å². The minimum Gasteiger partial charge on any atom is -0.473 e. The van der Waals surface area contributed by atoms with E-state index in [1.54, 1.807) is 0 Å². The first-order chi connectivity index (χ1) is 16.8. The number of carboxylic acids is 2. The fraction of sp³-hybridized carbons (Fsp3) is 0.385. The molecule has 0 aliphatic carbocycles. The van der Waals surface area contributed by atoms with Crippen LogP contribution in [0.1, 0.15) is 31.2 Å². The maximum Gasteiger partial charge on any atom is 0.414 e. The highest BCUT2D eigenvalue weighted by molar-refractivity contribution is 6.27. The van der Waals surface area contributed by atoms with Gasteiger partial charge in [0.2, 0.25) is 5.91 Å². The standard InChI is InChI=1S/C24H30N4O.C2H2O4/c1-3-20-8-4-5-9-21(20)26-24(29)17-27-14-12-19(13-15-27)16-28-18(2)25-22-10-6-7-11-23(22)28;3-1(4)2(5)6/h4-11,19H,3,12-17H2,1-2H3,(H,26,29);(H,3,4)(H,5,6). The quantitative estimate of drug-likeness (QED) is 0.462. The number of anilines is 1. The molecule has 2 aromatic carbocycles. The third kappa shape index (κ3) is 7.13. The summed E-state index contributed by atoms with van der Waals surface area (Å²) in [6.07, 6.45) is 3.15. The Morgan fingerprint density at radius 3 is 2.29 bits per heavy atom. The van der Waals surface area contributed by atoms with Gasteiger partial charge in [-0.25, -0.2) is 14.6 Å². The average molecular weight is 481 g/mol. The minimum atomic E-state index is -1.82. The van der Waals surface area contributed by atoms with Crippen molar-refractivity contribution in [2.45, 2.75) is 39.7 Å². The van der Waals surface area contributed by atoms with Gasteiger partial charge in [-0.2, -0.15) is 0 Å². The highest BCUT2D eigenvalue weighted by Crippen LogP contribution is 2.23. The Morgan fingerprint density at radius 1 is 1.00 bits per heavy atom. The van der Waals surface area contributed by atoms with Crippen LogP contribution in [-0.2, 0) is 27.3 Å². The van der Waals surface area contributed by atoms with Crippen LogP contribution in [-0.4, -0.2) is 62.1 Å². The van der Waals surface area contributed by atoms with Gasteiger partial charge in [0.25, 0.3) is 0 Å². The van der Waals surface area contributed by atoms with E-state index in [9.17, 15) is 4.79 Å². The van der Waals surface area contributed by atoms with Crippen molar-refractivity contribution in [2.24, 2.45) is 5.92 Å². The Hall–Kier alpha value is -3.72. The Kier molecular flexibility index (Phi) is 8.97. The highest BCUT2D eigenvalue weighted by Gasteiger charge is 2.22. The van der Waals surface area contributed by atoms with Gasteiger partial charge in [-0.1, -0.05) is 37.3 Å². The minimum absolute atomic E-state index is 0.0841. The summed E-state index contributed by atoms with van der Waals surface area (Å²) in [7, 11) is 0. The van der Waals surface area contributed by atoms with Crippen LogP contribution in [0.3, 0.4) is 0 Å². The molecule has 1 fully saturated rings. The van der Waals surface area contributed by atoms with Crippen molar-refractivity contribution in [1.82, 2.24) is 14.5 Å². The molecular weight excluding hydrogens is 448 g/mol. The number of hydrogen-bond acceptors (Lipinski definition) is 5. The molecule has 1 aliphatic rings. The summed E-state index contributed by atoms with van der Waals surface area (Å²) in [5.41, 5.74) is 4.42. The van der Waals surface area contributed by atoms with Gasteiger partial charge in [0, 0.05) is 12.2 Å². The summed E-state index contributed by atoms with van der Waals surface area (Å²) < 4.78 is 2.35. The monoisotopic (exact) mass is 480 g/mol. The molecule has 1 saturated heterocycles. The number of likely N-dealkylation sites (tertiary alicyclic amines) is 1. The lowest BCUT2D eigenvalue weighted by Crippen LogP contribution is -2.40. The number of imidazole rings is 1. The number of rotatable bonds is 6. The van der Waals surface area contributed by atoms with Gasteiger partial charge in [0.1, 0.15) is 5.82 Å². The number of hydrogen-bond donors (Lipinski definition) is 3. The van der Waals surface area contributed by atoms with Gasteiger partial charge in [-0.15, -0.1) is 0 Å². The number of nitrogens with zero attached hydrogens (tertiary/aromatic N) is 3. The summed E-state index contributed by atoms with van der Waals surface area (Å²) in [6.45, 7) is 7.63. The molecule has 3 aromatic rings. The molecule has 0 unspecified atom stereocenters. The van der Waals surface area contributed by atoms with E-state index in [1.807, 2.05) is 24.3 Å². The molecule has 1 aromatic heterocycles. The molecule has 9 nitrogen and oxygen atoms in total. The lowest BCUT2D eigenvalue weighted by Gasteiger charge is -2.32. The van der Waals surface area contributed by atoms with Crippen LogP contribution in [0.25, 0.3) is 11.0 Å². The van der Waals surface area contributed by atoms with E-state index in [4.69, 9.17) is 19.8 Å². The van der Waals surface area contributed by atoms with Gasteiger partial charge in [-0.3, -0.25) is 9.69 Å². The number of aromatic nitrogens is 2. The highest BCUT2D eigenvalue weighted by atomic mass is 16.4. The summed E-state index contributed by atoms with van der Waals surface area (Å²) in [4.78, 5) is 37.7. The molecule has 2 heterocycles. The van der Waals surface area contributed by atoms with E-state index in [0.29, 0.717) is 12.5 Å². The molecule has 1 amide bonds. The molecule has 186 valence electrons. The zero-order chi connectivity index (χ0) is 25.4. The molecule has 35 heavy (non-hydrogen) atoms. The van der Waals surface area contributed by atoms with Gasteiger partial charge in [-0.05, 0) is 69.0 Å². The summed E-state index contributed by atoms with van der Waals surface area (Å²) >= 11 is 0. The Balaban J connectivity index is 0.000000509. The van der Waals surface area contributed by atoms with Crippen molar-refractivity contribution in [3.8, 4) is 0 Å². The Labute approximate surface area is 204 Å². The molecular formula is C26H32N4O5. The number of carbonyl (C=O) groups is 3. The Bertz CT molecular complexity index is 1170. The number of aliphatic carboxylic acids is 2. The first kappa shape index (κ1) is 25.9. The van der Waals surface area contributed by atoms with Crippen molar-refractivity contribution in [2.75, 3.05) is 25.0 Å². The SMILES string of the molecule is CCc1ccccc1NC(=O)CN1CCC(Cn2c(C)nc3ccccc32)CC1.O=C(O)C(=O)O. The zero-order valence-electron chi connectivity index (χ0n) is 20.1. The zero-order valence-corrected chi connectivity index (χ0v) is 20.1. The number of carboxylic acid groups (broad SMARTS) is 2. The fourth-order valence-electron chi connectivity index (χ4n) is 4.36. The van der Waals surface area contributed by atoms with E-state index < -0.39 is 11.9 Å². The maximum absolute atomic E-state index is 12.5. The van der Waals surface area contributed by atoms with Crippen molar-refractivity contribution in [1.29, 1.82) is 0 Å². The van der Waals surface area contributed by atoms with Crippen LogP contribution < -0.4 is 5.32 Å². The molecule has 0 bridgehead atoms. The summed E-state index contributed by atoms with van der Waals surface area (Å²) in [6, 6.07) is 16.4. The lowest BCUT2D eigenvalue weighted by atomic mass is 9.96. The first-order valence-electron chi connectivity index (χ1n) is 11.8. The molecule has 3 N–H and O–H groups in total. The summed E-state index contributed by atoms with van der Waals surface area (Å²) in [5, 5.41) is 17.9. The van der Waals surface area contributed by atoms with Crippen LogP contribution in [0.2, 0.25) is 0 Å². The van der Waals surface area contributed by atoms with Gasteiger partial charge in [0.05, 0.1) is 17.6 Å². The predicted molar refractivity (Wildman–Crippen MR) is 133 cm³/mol. The fourth-order valence-corrected chi connectivity index (χ4v) is 4.36. The molecule has 0 spiro atoms. The molecule has 0 saturated carbocycles. The number of nitrogens with one attached hydrogen (secondary N) is 1. The first-order valence-corrected chi connectivity index (χ1v) is 11.8. The number of carbonyl (C=O) groups excluding carboxylic acids is 1. The van der Waals surface area contributed by atoms with E-state index in [0.717, 1.165) is 55.9 Å². The third-order valence-electron chi connectivity index (χ3n) is 6.22. The van der Waals surface area contributed by atoms with E-state index in [2.05, 4.69) is 57.9 Å². The number of aryl methyl sites for hydroxylation is 2. The number of piperidine rings is 1. The predicted octanol–water partition coefficient (Wildman–Crippen LogP) is 3.41. The number of para-hydroxylation sites is 3. The summed E-state index contributed by atoms with van der Waals surface area (Å²) in [5.74, 6) is -1.85. The Morgan fingerprint density at radius 2 is 1.63 bits per heavy atom. The molecule has 1 aliphatic heterocycles. The second-order valence-electron chi connectivity index (χ2n) is 8.65. The molecule has 9 heteroatoms. The van der Waals surface area contributed by atoms with Crippen molar-refractivity contribution < 1.29 is 24.6 Å². The van der Waals surface area contributed by atoms with Crippen LogP contribution in [0.15, 0.2) is 48.5 Å². The number of fused-ring (bicyclic) bond motifs is 1. The normalized spacial score (nSPS) is 14.2. The van der Waals surface area contributed by atoms with Crippen molar-refractivity contribution in [3.63, 3.8) is 0 Å². The molecule has 0 radical (unpaired) electrons. The number of amides is 1. The van der Waals surface area contributed by atoms with E-state index >= 15 is 0 Å². The lowest BCUT2D eigenvalue weighted by molar-refractivity contribution is -0.159. The second-order valence-corrected chi connectivity index (χ2v) is 8.65. The molecule has 0 atom stereocenters. The maximum atomic E-state index is 12.5.